The largest absolute Gasteiger partial charge is 0.465 e. The quantitative estimate of drug-likeness (QED) is 0.877. The van der Waals surface area contributed by atoms with Gasteiger partial charge in [0.2, 0.25) is 0 Å². The molecule has 1 fully saturated rings. The van der Waals surface area contributed by atoms with Crippen LogP contribution in [0.3, 0.4) is 0 Å². The highest BCUT2D eigenvalue weighted by atomic mass is 16.3. The van der Waals surface area contributed by atoms with E-state index >= 15 is 0 Å². The van der Waals surface area contributed by atoms with Crippen molar-refractivity contribution < 1.29 is 4.42 Å². The maximum Gasteiger partial charge on any atom is 0.122 e. The van der Waals surface area contributed by atoms with Gasteiger partial charge in [-0.3, -0.25) is 4.90 Å². The molecule has 3 nitrogen and oxygen atoms in total. The van der Waals surface area contributed by atoms with Crippen LogP contribution in [0.1, 0.15) is 50.2 Å². The average molecular weight is 236 g/mol. The van der Waals surface area contributed by atoms with Crippen LogP contribution in [0.4, 0.5) is 0 Å². The molecule has 2 heterocycles. The molecular formula is C14H24N2O. The van der Waals surface area contributed by atoms with E-state index in [1.165, 1.54) is 19.3 Å². The smallest absolute Gasteiger partial charge is 0.122 e. The van der Waals surface area contributed by atoms with Crippen LogP contribution in [0.25, 0.3) is 0 Å². The molecule has 17 heavy (non-hydrogen) atoms. The molecule has 0 amide bonds. The Morgan fingerprint density at radius 3 is 2.88 bits per heavy atom. The van der Waals surface area contributed by atoms with Gasteiger partial charge in [-0.1, -0.05) is 13.3 Å². The zero-order chi connectivity index (χ0) is 12.3. The summed E-state index contributed by atoms with van der Waals surface area (Å²) in [5, 5.41) is 0. The lowest BCUT2D eigenvalue weighted by atomic mass is 10.0. The van der Waals surface area contributed by atoms with Crippen LogP contribution in [0.15, 0.2) is 16.5 Å². The van der Waals surface area contributed by atoms with Gasteiger partial charge in [0.05, 0.1) is 6.04 Å². The molecule has 2 rings (SSSR count). The Morgan fingerprint density at radius 1 is 1.41 bits per heavy atom. The van der Waals surface area contributed by atoms with Gasteiger partial charge in [0.25, 0.3) is 0 Å². The SMILES string of the molecule is CCCN1CCCCC(N)C1c1ccc(C)o1. The third-order valence-electron chi connectivity index (χ3n) is 3.60. The highest BCUT2D eigenvalue weighted by molar-refractivity contribution is 5.12. The van der Waals surface area contributed by atoms with Crippen LogP contribution in [0.2, 0.25) is 0 Å². The molecule has 0 radical (unpaired) electrons. The molecule has 2 atom stereocenters. The number of aryl methyl sites for hydroxylation is 1. The number of hydrogen-bond donors (Lipinski definition) is 1. The van der Waals surface area contributed by atoms with Gasteiger partial charge >= 0.3 is 0 Å². The van der Waals surface area contributed by atoms with E-state index in [2.05, 4.69) is 17.9 Å². The van der Waals surface area contributed by atoms with Crippen LogP contribution >= 0.6 is 0 Å². The minimum absolute atomic E-state index is 0.203. The molecule has 0 spiro atoms. The van der Waals surface area contributed by atoms with Gasteiger partial charge in [0, 0.05) is 6.04 Å². The molecule has 1 aliphatic heterocycles. The third kappa shape index (κ3) is 2.90. The summed E-state index contributed by atoms with van der Waals surface area (Å²) in [5.41, 5.74) is 6.34. The fourth-order valence-corrected chi connectivity index (χ4v) is 2.80. The topological polar surface area (TPSA) is 42.4 Å². The van der Waals surface area contributed by atoms with Crippen molar-refractivity contribution in [1.29, 1.82) is 0 Å². The van der Waals surface area contributed by atoms with Crippen molar-refractivity contribution in [3.05, 3.63) is 23.7 Å². The fourth-order valence-electron chi connectivity index (χ4n) is 2.80. The lowest BCUT2D eigenvalue weighted by Gasteiger charge is -2.31. The van der Waals surface area contributed by atoms with E-state index in [1.54, 1.807) is 0 Å². The van der Waals surface area contributed by atoms with Crippen molar-refractivity contribution in [2.45, 2.75) is 51.6 Å². The molecule has 1 aromatic heterocycles. The molecule has 0 bridgehead atoms. The van der Waals surface area contributed by atoms with Crippen molar-refractivity contribution >= 4 is 0 Å². The Hall–Kier alpha value is -0.800. The van der Waals surface area contributed by atoms with Crippen molar-refractivity contribution in [2.24, 2.45) is 5.73 Å². The molecule has 1 aliphatic rings. The summed E-state index contributed by atoms with van der Waals surface area (Å²) in [6, 6.07) is 4.60. The molecule has 2 N–H and O–H groups in total. The van der Waals surface area contributed by atoms with E-state index in [0.29, 0.717) is 0 Å². The zero-order valence-electron chi connectivity index (χ0n) is 11.0. The van der Waals surface area contributed by atoms with Crippen LogP contribution in [0.5, 0.6) is 0 Å². The molecule has 0 aromatic carbocycles. The number of nitrogens with zero attached hydrogens (tertiary/aromatic N) is 1. The number of rotatable bonds is 3. The Balaban J connectivity index is 2.22. The van der Waals surface area contributed by atoms with Crippen molar-refractivity contribution in [2.75, 3.05) is 13.1 Å². The van der Waals surface area contributed by atoms with Crippen molar-refractivity contribution in [1.82, 2.24) is 4.90 Å². The monoisotopic (exact) mass is 236 g/mol. The number of nitrogens with two attached hydrogens (primary N) is 1. The van der Waals surface area contributed by atoms with E-state index in [-0.39, 0.29) is 12.1 Å². The van der Waals surface area contributed by atoms with Gasteiger partial charge in [0.1, 0.15) is 11.5 Å². The summed E-state index contributed by atoms with van der Waals surface area (Å²) in [4.78, 5) is 2.50. The van der Waals surface area contributed by atoms with Gasteiger partial charge in [-0.25, -0.2) is 0 Å². The van der Waals surface area contributed by atoms with Crippen molar-refractivity contribution in [3.63, 3.8) is 0 Å². The van der Waals surface area contributed by atoms with Crippen molar-refractivity contribution in [3.8, 4) is 0 Å². The second-order valence-electron chi connectivity index (χ2n) is 5.09. The fraction of sp³-hybridized carbons (Fsp3) is 0.714. The van der Waals surface area contributed by atoms with Gasteiger partial charge in [-0.2, -0.15) is 0 Å². The van der Waals surface area contributed by atoms with Crippen LogP contribution in [-0.4, -0.2) is 24.0 Å². The molecule has 1 saturated heterocycles. The average Bonchev–Trinajstić information content (AvgIpc) is 2.62. The van der Waals surface area contributed by atoms with Gasteiger partial charge in [0.15, 0.2) is 0 Å². The van der Waals surface area contributed by atoms with E-state index in [9.17, 15) is 0 Å². The standard InChI is InChI=1S/C14H24N2O/c1-3-9-16-10-5-4-6-12(15)14(16)13-8-7-11(2)17-13/h7-8,12,14H,3-6,9-10,15H2,1-2H3. The second kappa shape index (κ2) is 5.69. The minimum Gasteiger partial charge on any atom is -0.465 e. The Labute approximate surface area is 104 Å². The molecule has 0 saturated carbocycles. The summed E-state index contributed by atoms with van der Waals surface area (Å²) in [6.45, 7) is 6.47. The first-order valence-electron chi connectivity index (χ1n) is 6.78. The summed E-state index contributed by atoms with van der Waals surface area (Å²) in [6.07, 6.45) is 4.76. The maximum atomic E-state index is 6.34. The molecule has 1 aromatic rings. The first-order chi connectivity index (χ1) is 8.22. The Kier molecular flexibility index (Phi) is 4.24. The number of hydrogen-bond acceptors (Lipinski definition) is 3. The zero-order valence-corrected chi connectivity index (χ0v) is 11.0. The Morgan fingerprint density at radius 2 is 2.24 bits per heavy atom. The lowest BCUT2D eigenvalue weighted by Crippen LogP contribution is -2.40. The lowest BCUT2D eigenvalue weighted by molar-refractivity contribution is 0.161. The van der Waals surface area contributed by atoms with Crippen LogP contribution in [0, 0.1) is 6.92 Å². The predicted octanol–water partition coefficient (Wildman–Crippen LogP) is 2.85. The molecule has 2 unspecified atom stereocenters. The van der Waals surface area contributed by atoms with Crippen LogP contribution in [-0.2, 0) is 0 Å². The van der Waals surface area contributed by atoms with Gasteiger partial charge in [-0.15, -0.1) is 0 Å². The van der Waals surface area contributed by atoms with Gasteiger partial charge < -0.3 is 10.2 Å². The molecule has 0 aliphatic carbocycles. The summed E-state index contributed by atoms with van der Waals surface area (Å²) in [5.74, 6) is 2.03. The summed E-state index contributed by atoms with van der Waals surface area (Å²) >= 11 is 0. The summed E-state index contributed by atoms with van der Waals surface area (Å²) in [7, 11) is 0. The number of furan rings is 1. The first kappa shape index (κ1) is 12.7. The molecule has 3 heteroatoms. The third-order valence-corrected chi connectivity index (χ3v) is 3.60. The second-order valence-corrected chi connectivity index (χ2v) is 5.09. The predicted molar refractivity (Wildman–Crippen MR) is 69.9 cm³/mol. The highest BCUT2D eigenvalue weighted by Gasteiger charge is 2.30. The molecule has 96 valence electrons. The van der Waals surface area contributed by atoms with Crippen LogP contribution < -0.4 is 5.73 Å². The Bertz CT molecular complexity index is 348. The highest BCUT2D eigenvalue weighted by Crippen LogP contribution is 2.30. The van der Waals surface area contributed by atoms with E-state index < -0.39 is 0 Å². The molecular weight excluding hydrogens is 212 g/mol. The maximum absolute atomic E-state index is 6.34. The normalized spacial score (nSPS) is 27.0. The van der Waals surface area contributed by atoms with E-state index in [4.69, 9.17) is 10.2 Å². The first-order valence-corrected chi connectivity index (χ1v) is 6.78. The minimum atomic E-state index is 0.203. The number of likely N-dealkylation sites (tertiary alicyclic amines) is 1. The van der Waals surface area contributed by atoms with E-state index in [1.807, 2.05) is 13.0 Å². The summed E-state index contributed by atoms with van der Waals surface area (Å²) < 4.78 is 5.80. The van der Waals surface area contributed by atoms with Gasteiger partial charge in [-0.05, 0) is 51.4 Å². The van der Waals surface area contributed by atoms with E-state index in [0.717, 1.165) is 31.0 Å².